The lowest BCUT2D eigenvalue weighted by Crippen LogP contribution is -2.27. The molecule has 1 aromatic carbocycles. The van der Waals surface area contributed by atoms with Crippen LogP contribution in [0.25, 0.3) is 0 Å². The van der Waals surface area contributed by atoms with E-state index in [1.807, 2.05) is 46.3 Å². The van der Waals surface area contributed by atoms with E-state index >= 15 is 0 Å². The molecule has 0 aliphatic carbocycles. The summed E-state index contributed by atoms with van der Waals surface area (Å²) in [6, 6.07) is 11.5. The van der Waals surface area contributed by atoms with Gasteiger partial charge in [-0.1, -0.05) is 49.2 Å². The lowest BCUT2D eigenvalue weighted by Gasteiger charge is -2.22. The summed E-state index contributed by atoms with van der Waals surface area (Å²) in [5.41, 5.74) is 1.55. The Kier molecular flexibility index (Phi) is 8.08. The Hall–Kier alpha value is -2.15. The van der Waals surface area contributed by atoms with Gasteiger partial charge in [-0.25, -0.2) is 4.98 Å². The minimum absolute atomic E-state index is 0.410. The molecule has 0 aliphatic rings. The molecule has 3 rings (SSSR count). The third kappa shape index (κ3) is 5.31. The number of aliphatic hydroxyl groups is 1. The largest absolute Gasteiger partial charge is 0.469 e. The summed E-state index contributed by atoms with van der Waals surface area (Å²) in [7, 11) is 1.35. The fourth-order valence-electron chi connectivity index (χ4n) is 3.51. The van der Waals surface area contributed by atoms with E-state index in [1.165, 1.54) is 7.11 Å². The maximum Gasteiger partial charge on any atom is 0.312 e. The number of esters is 1. The fraction of sp³-hybridized carbons (Fsp3) is 0.391. The SMILES string of the molecule is CCCCc1ncc(C(O)C(Cc2cccs2)C(=O)OC)n1Cc1ccccc1Cl. The summed E-state index contributed by atoms with van der Waals surface area (Å²) in [6.45, 7) is 2.61. The number of carbonyl (C=O) groups excluding carboxylic acids is 1. The van der Waals surface area contributed by atoms with E-state index in [0.29, 0.717) is 23.7 Å². The maximum absolute atomic E-state index is 12.5. The zero-order valence-electron chi connectivity index (χ0n) is 17.3. The summed E-state index contributed by atoms with van der Waals surface area (Å²) in [4.78, 5) is 18.1. The van der Waals surface area contributed by atoms with Crippen molar-refractivity contribution in [2.75, 3.05) is 7.11 Å². The maximum atomic E-state index is 12.5. The van der Waals surface area contributed by atoms with Gasteiger partial charge in [0.15, 0.2) is 0 Å². The zero-order valence-corrected chi connectivity index (χ0v) is 18.8. The first-order chi connectivity index (χ1) is 14.5. The number of benzene rings is 1. The number of halogens is 1. The molecule has 2 unspecified atom stereocenters. The Bertz CT molecular complexity index is 955. The van der Waals surface area contributed by atoms with Crippen LogP contribution >= 0.6 is 22.9 Å². The van der Waals surface area contributed by atoms with Crippen molar-refractivity contribution in [3.05, 3.63) is 75.0 Å². The number of ether oxygens (including phenoxy) is 1. The second-order valence-electron chi connectivity index (χ2n) is 7.24. The van der Waals surface area contributed by atoms with Crippen LogP contribution in [0.2, 0.25) is 5.02 Å². The van der Waals surface area contributed by atoms with Crippen molar-refractivity contribution in [2.45, 2.75) is 45.3 Å². The van der Waals surface area contributed by atoms with Crippen molar-refractivity contribution >= 4 is 28.9 Å². The number of hydrogen-bond donors (Lipinski definition) is 1. The Morgan fingerprint density at radius 3 is 2.77 bits per heavy atom. The zero-order chi connectivity index (χ0) is 21.5. The molecule has 3 aromatic rings. The number of rotatable bonds is 10. The molecule has 30 heavy (non-hydrogen) atoms. The molecule has 160 valence electrons. The highest BCUT2D eigenvalue weighted by Crippen LogP contribution is 2.30. The number of unbranched alkanes of at least 4 members (excludes halogenated alkanes) is 1. The van der Waals surface area contributed by atoms with Crippen molar-refractivity contribution in [1.82, 2.24) is 9.55 Å². The van der Waals surface area contributed by atoms with Crippen LogP contribution in [-0.2, 0) is 28.9 Å². The predicted molar refractivity (Wildman–Crippen MR) is 120 cm³/mol. The van der Waals surface area contributed by atoms with Crippen LogP contribution in [0, 0.1) is 5.92 Å². The van der Waals surface area contributed by atoms with Crippen molar-refractivity contribution in [3.63, 3.8) is 0 Å². The second-order valence-corrected chi connectivity index (χ2v) is 8.68. The van der Waals surface area contributed by atoms with Gasteiger partial charge in [-0.2, -0.15) is 0 Å². The van der Waals surface area contributed by atoms with Gasteiger partial charge >= 0.3 is 5.97 Å². The van der Waals surface area contributed by atoms with Crippen molar-refractivity contribution < 1.29 is 14.6 Å². The fourth-order valence-corrected chi connectivity index (χ4v) is 4.47. The summed E-state index contributed by atoms with van der Waals surface area (Å²) in [5.74, 6) is -0.267. The van der Waals surface area contributed by atoms with E-state index < -0.39 is 18.0 Å². The van der Waals surface area contributed by atoms with E-state index in [-0.39, 0.29) is 0 Å². The normalized spacial score (nSPS) is 13.2. The van der Waals surface area contributed by atoms with Gasteiger partial charge in [0.2, 0.25) is 0 Å². The molecule has 0 saturated carbocycles. The third-order valence-electron chi connectivity index (χ3n) is 5.20. The summed E-state index contributed by atoms with van der Waals surface area (Å²) in [5, 5.41) is 13.9. The highest BCUT2D eigenvalue weighted by Gasteiger charge is 2.32. The summed E-state index contributed by atoms with van der Waals surface area (Å²) >= 11 is 7.95. The lowest BCUT2D eigenvalue weighted by molar-refractivity contribution is -0.149. The Balaban J connectivity index is 1.96. The number of aliphatic hydroxyl groups excluding tert-OH is 1. The van der Waals surface area contributed by atoms with Gasteiger partial charge in [-0.05, 0) is 35.9 Å². The molecule has 2 heterocycles. The minimum atomic E-state index is -1.04. The predicted octanol–water partition coefficient (Wildman–Crippen LogP) is 5.05. The first-order valence-corrected chi connectivity index (χ1v) is 11.4. The van der Waals surface area contributed by atoms with Gasteiger partial charge in [0, 0.05) is 16.3 Å². The number of nitrogens with zero attached hydrogens (tertiary/aromatic N) is 2. The molecule has 0 radical (unpaired) electrons. The smallest absolute Gasteiger partial charge is 0.312 e. The number of aromatic nitrogens is 2. The Labute approximate surface area is 186 Å². The van der Waals surface area contributed by atoms with Crippen LogP contribution in [0.15, 0.2) is 48.0 Å². The molecule has 5 nitrogen and oxygen atoms in total. The van der Waals surface area contributed by atoms with Crippen LogP contribution in [0.1, 0.15) is 47.8 Å². The third-order valence-corrected chi connectivity index (χ3v) is 6.47. The first kappa shape index (κ1) is 22.5. The van der Waals surface area contributed by atoms with Crippen LogP contribution in [0.5, 0.6) is 0 Å². The van der Waals surface area contributed by atoms with Crippen LogP contribution in [-0.4, -0.2) is 27.7 Å². The second kappa shape index (κ2) is 10.8. The molecule has 2 atom stereocenters. The van der Waals surface area contributed by atoms with Gasteiger partial charge < -0.3 is 14.4 Å². The molecular weight excluding hydrogens is 420 g/mol. The van der Waals surface area contributed by atoms with Crippen LogP contribution < -0.4 is 0 Å². The van der Waals surface area contributed by atoms with E-state index in [4.69, 9.17) is 16.3 Å². The molecule has 1 N–H and O–H groups in total. The molecule has 0 aliphatic heterocycles. The number of imidazole rings is 1. The lowest BCUT2D eigenvalue weighted by atomic mass is 9.95. The molecule has 2 aromatic heterocycles. The molecule has 0 fully saturated rings. The van der Waals surface area contributed by atoms with E-state index in [0.717, 1.165) is 35.5 Å². The topological polar surface area (TPSA) is 64.3 Å². The summed E-state index contributed by atoms with van der Waals surface area (Å²) in [6.07, 6.45) is 3.88. The molecule has 7 heteroatoms. The minimum Gasteiger partial charge on any atom is -0.469 e. The summed E-state index contributed by atoms with van der Waals surface area (Å²) < 4.78 is 7.00. The Morgan fingerprint density at radius 1 is 1.30 bits per heavy atom. The average Bonchev–Trinajstić information content (AvgIpc) is 3.41. The highest BCUT2D eigenvalue weighted by molar-refractivity contribution is 7.09. The van der Waals surface area contributed by atoms with Crippen molar-refractivity contribution in [2.24, 2.45) is 5.92 Å². The number of methoxy groups -OCH3 is 1. The standard InChI is InChI=1S/C23H27ClN2O3S/c1-3-4-11-21-25-14-20(26(21)15-16-8-5-6-10-19(16)24)22(27)18(23(28)29-2)13-17-9-7-12-30-17/h5-10,12,14,18,22,27H,3-4,11,13,15H2,1-2H3. The van der Waals surface area contributed by atoms with Crippen LogP contribution in [0.4, 0.5) is 0 Å². The van der Waals surface area contributed by atoms with Gasteiger partial charge in [-0.3, -0.25) is 4.79 Å². The first-order valence-electron chi connectivity index (χ1n) is 10.1. The number of hydrogen-bond acceptors (Lipinski definition) is 5. The molecule has 0 saturated heterocycles. The monoisotopic (exact) mass is 446 g/mol. The molecule has 0 amide bonds. The van der Waals surface area contributed by atoms with Crippen molar-refractivity contribution in [3.8, 4) is 0 Å². The highest BCUT2D eigenvalue weighted by atomic mass is 35.5. The van der Waals surface area contributed by atoms with E-state index in [2.05, 4.69) is 11.9 Å². The average molecular weight is 447 g/mol. The van der Waals surface area contributed by atoms with Gasteiger partial charge in [0.1, 0.15) is 11.9 Å². The molecular formula is C23H27ClN2O3S. The number of thiophene rings is 1. The van der Waals surface area contributed by atoms with Crippen molar-refractivity contribution in [1.29, 1.82) is 0 Å². The van der Waals surface area contributed by atoms with Gasteiger partial charge in [0.25, 0.3) is 0 Å². The number of aryl methyl sites for hydroxylation is 1. The quantitative estimate of drug-likeness (QED) is 0.442. The molecule has 0 spiro atoms. The number of carbonyl (C=O) groups is 1. The van der Waals surface area contributed by atoms with Gasteiger partial charge in [-0.15, -0.1) is 11.3 Å². The molecule has 0 bridgehead atoms. The Morgan fingerprint density at radius 2 is 2.10 bits per heavy atom. The van der Waals surface area contributed by atoms with E-state index in [9.17, 15) is 9.90 Å². The van der Waals surface area contributed by atoms with Gasteiger partial charge in [0.05, 0.1) is 31.5 Å². The van der Waals surface area contributed by atoms with Crippen LogP contribution in [0.3, 0.4) is 0 Å². The van der Waals surface area contributed by atoms with E-state index in [1.54, 1.807) is 17.5 Å².